The zero-order valence-corrected chi connectivity index (χ0v) is 11.6. The zero-order valence-electron chi connectivity index (χ0n) is 11.6. The van der Waals surface area contributed by atoms with E-state index in [9.17, 15) is 9.59 Å². The molecule has 2 rings (SSSR count). The van der Waals surface area contributed by atoms with E-state index in [1.54, 1.807) is 14.0 Å². The Balaban J connectivity index is 1.88. The molecule has 0 fully saturated rings. The lowest BCUT2D eigenvalue weighted by Gasteiger charge is -2.15. The summed E-state index contributed by atoms with van der Waals surface area (Å²) in [6.07, 6.45) is 1.36. The number of aromatic nitrogens is 3. The number of aromatic amines is 1. The van der Waals surface area contributed by atoms with Gasteiger partial charge in [-0.2, -0.15) is 5.10 Å². The van der Waals surface area contributed by atoms with Crippen molar-refractivity contribution < 1.29 is 19.1 Å². The first-order chi connectivity index (χ1) is 9.97. The molecule has 9 heteroatoms. The van der Waals surface area contributed by atoms with Gasteiger partial charge in [0.25, 0.3) is 0 Å². The molecule has 0 aliphatic carbocycles. The normalized spacial score (nSPS) is 10.4. The number of hydrogen-bond acceptors (Lipinski definition) is 5. The quantitative estimate of drug-likeness (QED) is 0.747. The van der Waals surface area contributed by atoms with E-state index in [0.29, 0.717) is 17.3 Å². The maximum absolute atomic E-state index is 11.9. The molecule has 112 valence electrons. The number of nitrogens with one attached hydrogen (secondary N) is 2. The number of nitrogens with zero attached hydrogens (tertiary/aromatic N) is 3. The number of carbonyl (C=O) groups is 2. The third-order valence-corrected chi connectivity index (χ3v) is 2.81. The molecule has 2 aromatic rings. The summed E-state index contributed by atoms with van der Waals surface area (Å²) < 4.78 is 5.27. The molecule has 0 spiro atoms. The van der Waals surface area contributed by atoms with Gasteiger partial charge in [0, 0.05) is 7.05 Å². The first kappa shape index (κ1) is 14.6. The number of carbonyl (C=O) groups excluding carboxylic acids is 1. The summed E-state index contributed by atoms with van der Waals surface area (Å²) in [6.45, 7) is 1.95. The fraction of sp³-hybridized carbons (Fsp3) is 0.333. The lowest BCUT2D eigenvalue weighted by Crippen LogP contribution is -2.36. The first-order valence-corrected chi connectivity index (χ1v) is 6.13. The Morgan fingerprint density at radius 2 is 2.29 bits per heavy atom. The molecule has 0 atom stereocenters. The van der Waals surface area contributed by atoms with E-state index in [2.05, 4.69) is 20.5 Å². The zero-order chi connectivity index (χ0) is 15.4. The molecule has 0 saturated heterocycles. The van der Waals surface area contributed by atoms with Crippen LogP contribution >= 0.6 is 0 Å². The highest BCUT2D eigenvalue weighted by atomic mass is 16.4. The van der Waals surface area contributed by atoms with Crippen molar-refractivity contribution >= 4 is 12.0 Å². The maximum Gasteiger partial charge on any atom is 0.339 e. The van der Waals surface area contributed by atoms with Gasteiger partial charge in [-0.1, -0.05) is 0 Å². The van der Waals surface area contributed by atoms with Gasteiger partial charge < -0.3 is 19.7 Å². The van der Waals surface area contributed by atoms with Crippen molar-refractivity contribution in [3.05, 3.63) is 35.3 Å². The number of H-pyrrole nitrogens is 1. The van der Waals surface area contributed by atoms with Crippen molar-refractivity contribution in [1.82, 2.24) is 25.4 Å². The molecular weight excluding hydrogens is 278 g/mol. The van der Waals surface area contributed by atoms with Gasteiger partial charge in [0.1, 0.15) is 29.2 Å². The predicted octanol–water partition coefficient (Wildman–Crippen LogP) is 0.746. The number of aromatic carboxylic acids is 1. The minimum absolute atomic E-state index is 0.0919. The molecule has 9 nitrogen and oxygen atoms in total. The number of furan rings is 1. The third kappa shape index (κ3) is 3.59. The molecular formula is C12H15N5O4. The lowest BCUT2D eigenvalue weighted by molar-refractivity contribution is 0.0695. The SMILES string of the molecule is Cc1oc(CNC(=O)N(C)Cc2ncn[nH]2)cc1C(=O)O. The van der Waals surface area contributed by atoms with Crippen LogP contribution in [0, 0.1) is 6.92 Å². The largest absolute Gasteiger partial charge is 0.478 e. The van der Waals surface area contributed by atoms with Crippen LogP contribution in [0.25, 0.3) is 0 Å². The van der Waals surface area contributed by atoms with Crippen molar-refractivity contribution in [2.24, 2.45) is 0 Å². The fourth-order valence-corrected chi connectivity index (χ4v) is 1.74. The van der Waals surface area contributed by atoms with Crippen LogP contribution in [0.3, 0.4) is 0 Å². The van der Waals surface area contributed by atoms with E-state index < -0.39 is 5.97 Å². The molecule has 0 unspecified atom stereocenters. The Labute approximate surface area is 120 Å². The van der Waals surface area contributed by atoms with Gasteiger partial charge in [-0.25, -0.2) is 14.6 Å². The van der Waals surface area contributed by atoms with E-state index >= 15 is 0 Å². The van der Waals surface area contributed by atoms with Gasteiger partial charge in [-0.15, -0.1) is 0 Å². The Morgan fingerprint density at radius 3 is 2.86 bits per heavy atom. The van der Waals surface area contributed by atoms with Gasteiger partial charge >= 0.3 is 12.0 Å². The van der Waals surface area contributed by atoms with Crippen molar-refractivity contribution in [3.8, 4) is 0 Å². The standard InChI is InChI=1S/C12H15N5O4/c1-7-9(11(18)19)3-8(21-7)4-13-12(20)17(2)5-10-14-6-15-16-10/h3,6H,4-5H2,1-2H3,(H,13,20)(H,18,19)(H,14,15,16). The van der Waals surface area contributed by atoms with E-state index in [1.165, 1.54) is 17.3 Å². The first-order valence-electron chi connectivity index (χ1n) is 6.13. The van der Waals surface area contributed by atoms with E-state index in [-0.39, 0.29) is 24.7 Å². The van der Waals surface area contributed by atoms with Crippen molar-refractivity contribution in [2.45, 2.75) is 20.0 Å². The average Bonchev–Trinajstić information content (AvgIpc) is 3.05. The van der Waals surface area contributed by atoms with E-state index in [1.807, 2.05) is 0 Å². The molecule has 2 heterocycles. The molecule has 2 aromatic heterocycles. The van der Waals surface area contributed by atoms with Gasteiger partial charge in [0.2, 0.25) is 0 Å². The monoisotopic (exact) mass is 293 g/mol. The molecule has 0 aliphatic rings. The van der Waals surface area contributed by atoms with Crippen molar-refractivity contribution in [2.75, 3.05) is 7.05 Å². The summed E-state index contributed by atoms with van der Waals surface area (Å²) in [7, 11) is 1.61. The summed E-state index contributed by atoms with van der Waals surface area (Å²) in [5.74, 6) is 0.194. The number of amides is 2. The van der Waals surface area contributed by atoms with E-state index in [4.69, 9.17) is 9.52 Å². The second-order valence-corrected chi connectivity index (χ2v) is 4.43. The Bertz CT molecular complexity index is 634. The summed E-state index contributed by atoms with van der Waals surface area (Å²) >= 11 is 0. The number of rotatable bonds is 5. The second-order valence-electron chi connectivity index (χ2n) is 4.43. The minimum Gasteiger partial charge on any atom is -0.478 e. The van der Waals surface area contributed by atoms with Crippen LogP contribution in [0.2, 0.25) is 0 Å². The van der Waals surface area contributed by atoms with Crippen LogP contribution in [0.5, 0.6) is 0 Å². The van der Waals surface area contributed by atoms with E-state index in [0.717, 1.165) is 0 Å². The molecule has 3 N–H and O–H groups in total. The summed E-state index contributed by atoms with van der Waals surface area (Å²) in [4.78, 5) is 28.1. The number of carboxylic acids is 1. The van der Waals surface area contributed by atoms with Crippen LogP contribution in [-0.2, 0) is 13.1 Å². The number of hydrogen-bond donors (Lipinski definition) is 3. The van der Waals surface area contributed by atoms with Crippen LogP contribution in [0.15, 0.2) is 16.8 Å². The maximum atomic E-state index is 11.9. The van der Waals surface area contributed by atoms with Gasteiger partial charge in [-0.3, -0.25) is 5.10 Å². The third-order valence-electron chi connectivity index (χ3n) is 2.81. The van der Waals surface area contributed by atoms with Crippen LogP contribution in [-0.4, -0.2) is 44.2 Å². The molecule has 0 aromatic carbocycles. The highest BCUT2D eigenvalue weighted by molar-refractivity contribution is 5.88. The molecule has 0 saturated carbocycles. The van der Waals surface area contributed by atoms with Crippen molar-refractivity contribution in [1.29, 1.82) is 0 Å². The predicted molar refractivity (Wildman–Crippen MR) is 70.5 cm³/mol. The van der Waals surface area contributed by atoms with Gasteiger partial charge in [0.15, 0.2) is 0 Å². The smallest absolute Gasteiger partial charge is 0.339 e. The number of aryl methyl sites for hydroxylation is 1. The fourth-order valence-electron chi connectivity index (χ4n) is 1.74. The molecule has 0 bridgehead atoms. The topological polar surface area (TPSA) is 124 Å². The molecule has 0 radical (unpaired) electrons. The van der Waals surface area contributed by atoms with Gasteiger partial charge in [-0.05, 0) is 13.0 Å². The summed E-state index contributed by atoms with van der Waals surface area (Å²) in [5.41, 5.74) is 0.0919. The molecule has 0 aliphatic heterocycles. The molecule has 2 amide bonds. The Hall–Kier alpha value is -2.84. The number of urea groups is 1. The molecule has 21 heavy (non-hydrogen) atoms. The van der Waals surface area contributed by atoms with Crippen LogP contribution in [0.4, 0.5) is 4.79 Å². The number of carboxylic acid groups (broad SMARTS) is 1. The summed E-state index contributed by atoms with van der Waals surface area (Å²) in [6, 6.07) is 1.06. The van der Waals surface area contributed by atoms with Crippen molar-refractivity contribution in [3.63, 3.8) is 0 Å². The van der Waals surface area contributed by atoms with Gasteiger partial charge in [0.05, 0.1) is 13.1 Å². The highest BCUT2D eigenvalue weighted by Crippen LogP contribution is 2.14. The Kier molecular flexibility index (Phi) is 4.21. The van der Waals surface area contributed by atoms with Crippen LogP contribution in [0.1, 0.15) is 27.7 Å². The lowest BCUT2D eigenvalue weighted by atomic mass is 10.2. The second kappa shape index (κ2) is 6.07. The van der Waals surface area contributed by atoms with Crippen LogP contribution < -0.4 is 5.32 Å². The highest BCUT2D eigenvalue weighted by Gasteiger charge is 2.15. The average molecular weight is 293 g/mol. The minimum atomic E-state index is -1.06. The summed E-state index contributed by atoms with van der Waals surface area (Å²) in [5, 5.41) is 17.9. The Morgan fingerprint density at radius 1 is 1.52 bits per heavy atom.